The zero-order valence-corrected chi connectivity index (χ0v) is 24.8. The average Bonchev–Trinajstić information content (AvgIpc) is 3.63. The van der Waals surface area contributed by atoms with Crippen LogP contribution >= 0.6 is 0 Å². The molecule has 2 aliphatic rings. The van der Waals surface area contributed by atoms with E-state index in [9.17, 15) is 9.18 Å². The Hall–Kier alpha value is -4.55. The summed E-state index contributed by atoms with van der Waals surface area (Å²) in [5.74, 6) is 0.904. The van der Waals surface area contributed by atoms with E-state index in [1.54, 1.807) is 12.3 Å². The number of ether oxygens (including phenoxy) is 2. The maximum Gasteiger partial charge on any atom is 0.252 e. The number of rotatable bonds is 7. The second kappa shape index (κ2) is 11.5. The van der Waals surface area contributed by atoms with Gasteiger partial charge < -0.3 is 25.0 Å². The molecule has 1 atom stereocenters. The molecule has 0 aliphatic carbocycles. The first-order valence-electron chi connectivity index (χ1n) is 15.0. The van der Waals surface area contributed by atoms with E-state index in [2.05, 4.69) is 36.9 Å². The third-order valence-electron chi connectivity index (χ3n) is 8.65. The van der Waals surface area contributed by atoms with Gasteiger partial charge in [-0.15, -0.1) is 5.10 Å². The van der Waals surface area contributed by atoms with E-state index in [1.165, 1.54) is 12.1 Å². The lowest BCUT2D eigenvalue weighted by molar-refractivity contribution is 0.000108. The van der Waals surface area contributed by atoms with Crippen molar-refractivity contribution in [2.24, 2.45) is 0 Å². The molecular weight excluding hydrogens is 563 g/mol. The Kier molecular flexibility index (Phi) is 7.39. The number of anilines is 1. The van der Waals surface area contributed by atoms with Crippen LogP contribution in [0.4, 0.5) is 10.2 Å². The summed E-state index contributed by atoms with van der Waals surface area (Å²) < 4.78 is 27.6. The minimum absolute atomic E-state index is 0.00885. The number of nitrogens with zero attached hydrogens (tertiary/aromatic N) is 5. The van der Waals surface area contributed by atoms with Crippen LogP contribution in [-0.2, 0) is 4.74 Å². The topological polar surface area (TPSA) is 122 Å². The van der Waals surface area contributed by atoms with Crippen molar-refractivity contribution in [3.63, 3.8) is 0 Å². The molecule has 4 aromatic heterocycles. The van der Waals surface area contributed by atoms with Crippen molar-refractivity contribution in [1.82, 2.24) is 35.4 Å². The van der Waals surface area contributed by atoms with E-state index < -0.39 is 11.4 Å². The van der Waals surface area contributed by atoms with Crippen molar-refractivity contribution in [2.45, 2.75) is 38.3 Å². The van der Waals surface area contributed by atoms with E-state index in [0.717, 1.165) is 72.4 Å². The largest absolute Gasteiger partial charge is 0.489 e. The summed E-state index contributed by atoms with van der Waals surface area (Å²) in [5.41, 5.74) is 4.23. The third-order valence-corrected chi connectivity index (χ3v) is 8.65. The van der Waals surface area contributed by atoms with Crippen LogP contribution in [0.5, 0.6) is 5.75 Å². The van der Waals surface area contributed by atoms with Crippen molar-refractivity contribution >= 4 is 28.3 Å². The molecule has 11 nitrogen and oxygen atoms in total. The number of aryl methyl sites for hydroxylation is 1. The second-order valence-electron chi connectivity index (χ2n) is 11.9. The Morgan fingerprint density at radius 2 is 2.07 bits per heavy atom. The number of pyridine rings is 2. The summed E-state index contributed by atoms with van der Waals surface area (Å²) in [6.07, 6.45) is 7.01. The standard InChI is InChI=1S/C32H35FN8O3/c1-20-3-5-22(33)13-25(20)31(42)37-32(2)7-10-40(11-8-32)28-6-4-21(15-35-28)26-14-23(44-19-24-16-34-9-12-43-24)18-41-29(26)27-17-36-38-30(27)39-41/h3-6,13-15,17-18,24,34H,7-12,16,19H2,1-2H3,(H,37,42)(H,38,39). The van der Waals surface area contributed by atoms with Crippen molar-refractivity contribution in [3.05, 3.63) is 71.9 Å². The van der Waals surface area contributed by atoms with E-state index in [0.29, 0.717) is 30.2 Å². The number of piperidine rings is 1. The van der Waals surface area contributed by atoms with Crippen LogP contribution in [0.2, 0.25) is 0 Å². The number of carbonyl (C=O) groups is 1. The molecule has 2 fully saturated rings. The molecule has 1 amide bonds. The van der Waals surface area contributed by atoms with Gasteiger partial charge in [0.1, 0.15) is 30.1 Å². The number of amides is 1. The second-order valence-corrected chi connectivity index (χ2v) is 11.9. The SMILES string of the molecule is Cc1ccc(F)cc1C(=O)NC1(C)CCN(c2ccc(-c3cc(OCC4CNCCO4)cn4nc5[nH]ncc5c34)cn2)CC1. The fourth-order valence-corrected chi connectivity index (χ4v) is 6.02. The molecule has 12 heteroatoms. The molecular formula is C32H35FN8O3. The molecule has 0 spiro atoms. The summed E-state index contributed by atoms with van der Waals surface area (Å²) in [7, 11) is 0. The predicted octanol–water partition coefficient (Wildman–Crippen LogP) is 3.88. The highest BCUT2D eigenvalue weighted by Crippen LogP contribution is 2.34. The van der Waals surface area contributed by atoms with Gasteiger partial charge in [0.15, 0.2) is 5.65 Å². The van der Waals surface area contributed by atoms with Gasteiger partial charge in [0.25, 0.3) is 5.91 Å². The van der Waals surface area contributed by atoms with Crippen molar-refractivity contribution in [3.8, 4) is 16.9 Å². The van der Waals surface area contributed by atoms with Crippen LogP contribution in [0.3, 0.4) is 0 Å². The van der Waals surface area contributed by atoms with Crippen molar-refractivity contribution in [1.29, 1.82) is 0 Å². The van der Waals surface area contributed by atoms with Crippen LogP contribution in [-0.4, -0.2) is 81.7 Å². The highest BCUT2D eigenvalue weighted by Gasteiger charge is 2.32. The molecule has 44 heavy (non-hydrogen) atoms. The maximum absolute atomic E-state index is 13.8. The number of hydrogen-bond acceptors (Lipinski definition) is 8. The third kappa shape index (κ3) is 5.58. The van der Waals surface area contributed by atoms with Crippen molar-refractivity contribution in [2.75, 3.05) is 44.3 Å². The lowest BCUT2D eigenvalue weighted by atomic mass is 9.89. The molecule has 2 saturated heterocycles. The normalized spacial score (nSPS) is 18.5. The number of hydrogen-bond donors (Lipinski definition) is 3. The summed E-state index contributed by atoms with van der Waals surface area (Å²) in [6, 6.07) is 10.4. The van der Waals surface area contributed by atoms with Gasteiger partial charge in [-0.2, -0.15) is 5.10 Å². The van der Waals surface area contributed by atoms with E-state index >= 15 is 0 Å². The van der Waals surface area contributed by atoms with Crippen LogP contribution in [0.25, 0.3) is 27.7 Å². The summed E-state index contributed by atoms with van der Waals surface area (Å²) in [6.45, 7) is 8.05. The van der Waals surface area contributed by atoms with Crippen LogP contribution in [0, 0.1) is 12.7 Å². The Morgan fingerprint density at radius 1 is 1.20 bits per heavy atom. The zero-order chi connectivity index (χ0) is 30.3. The summed E-state index contributed by atoms with van der Waals surface area (Å²) >= 11 is 0. The highest BCUT2D eigenvalue weighted by molar-refractivity contribution is 6.01. The molecule has 1 aromatic carbocycles. The lowest BCUT2D eigenvalue weighted by Gasteiger charge is -2.40. The number of aromatic nitrogens is 5. The van der Waals surface area contributed by atoms with Gasteiger partial charge in [-0.25, -0.2) is 13.9 Å². The molecule has 7 rings (SSSR count). The number of benzene rings is 1. The quantitative estimate of drug-likeness (QED) is 0.258. The minimum atomic E-state index is -0.413. The van der Waals surface area contributed by atoms with Gasteiger partial charge >= 0.3 is 0 Å². The van der Waals surface area contributed by atoms with Crippen LogP contribution in [0.1, 0.15) is 35.7 Å². The molecule has 1 unspecified atom stereocenters. The van der Waals surface area contributed by atoms with Gasteiger partial charge in [0.2, 0.25) is 0 Å². The van der Waals surface area contributed by atoms with E-state index in [1.807, 2.05) is 42.9 Å². The lowest BCUT2D eigenvalue weighted by Crippen LogP contribution is -2.53. The first kappa shape index (κ1) is 28.2. The summed E-state index contributed by atoms with van der Waals surface area (Å²) in [5, 5.41) is 19.2. The average molecular weight is 599 g/mol. The van der Waals surface area contributed by atoms with Gasteiger partial charge in [-0.1, -0.05) is 6.07 Å². The Morgan fingerprint density at radius 3 is 2.84 bits per heavy atom. The molecule has 5 aromatic rings. The number of morpholine rings is 1. The van der Waals surface area contributed by atoms with Crippen molar-refractivity contribution < 1.29 is 18.7 Å². The molecule has 0 saturated carbocycles. The number of H-pyrrole nitrogens is 1. The van der Waals surface area contributed by atoms with Crippen LogP contribution in [0.15, 0.2) is 55.0 Å². The zero-order valence-electron chi connectivity index (χ0n) is 24.8. The first-order chi connectivity index (χ1) is 21.3. The van der Waals surface area contributed by atoms with Crippen LogP contribution < -0.4 is 20.3 Å². The molecule has 3 N–H and O–H groups in total. The fraction of sp³-hybridized carbons (Fsp3) is 0.375. The number of aromatic amines is 1. The van der Waals surface area contributed by atoms with Gasteiger partial charge in [-0.05, 0) is 62.6 Å². The van der Waals surface area contributed by atoms with E-state index in [4.69, 9.17) is 14.5 Å². The monoisotopic (exact) mass is 598 g/mol. The fourth-order valence-electron chi connectivity index (χ4n) is 6.02. The molecule has 0 bridgehead atoms. The first-order valence-corrected chi connectivity index (χ1v) is 15.0. The number of halogens is 1. The highest BCUT2D eigenvalue weighted by atomic mass is 19.1. The number of carbonyl (C=O) groups excluding carboxylic acids is 1. The molecule has 2 aliphatic heterocycles. The number of fused-ring (bicyclic) bond motifs is 3. The molecule has 0 radical (unpaired) electrons. The minimum Gasteiger partial charge on any atom is -0.489 e. The van der Waals surface area contributed by atoms with E-state index in [-0.39, 0.29) is 12.0 Å². The smallest absolute Gasteiger partial charge is 0.252 e. The number of nitrogens with one attached hydrogen (secondary N) is 3. The Balaban J connectivity index is 1.07. The molecule has 228 valence electrons. The summed E-state index contributed by atoms with van der Waals surface area (Å²) in [4.78, 5) is 20.0. The Labute approximate surface area is 253 Å². The van der Waals surface area contributed by atoms with Gasteiger partial charge in [0, 0.05) is 54.6 Å². The molecule has 6 heterocycles. The predicted molar refractivity (Wildman–Crippen MR) is 165 cm³/mol. The van der Waals surface area contributed by atoms with Gasteiger partial charge in [-0.3, -0.25) is 9.89 Å². The maximum atomic E-state index is 13.8. The van der Waals surface area contributed by atoms with Gasteiger partial charge in [0.05, 0.1) is 29.9 Å². The Bertz CT molecular complexity index is 1800.